The van der Waals surface area contributed by atoms with Gasteiger partial charge in [0.1, 0.15) is 16.4 Å². The Hall–Kier alpha value is -0.450. The first-order chi connectivity index (χ1) is 6.70. The number of hydrogen-bond acceptors (Lipinski definition) is 4. The van der Waals surface area contributed by atoms with Gasteiger partial charge in [-0.3, -0.25) is 0 Å². The Balaban J connectivity index is 2.43. The maximum absolute atomic E-state index is 5.70. The van der Waals surface area contributed by atoms with Crippen molar-refractivity contribution in [3.05, 3.63) is 20.3 Å². The van der Waals surface area contributed by atoms with Crippen molar-refractivity contribution in [1.82, 2.24) is 9.97 Å². The second-order valence-electron chi connectivity index (χ2n) is 2.90. The number of aromatic nitrogens is 2. The lowest BCUT2D eigenvalue weighted by Crippen LogP contribution is -1.82. The molecule has 0 unspecified atom stereocenters. The lowest BCUT2D eigenvalue weighted by molar-refractivity contribution is 1.21. The van der Waals surface area contributed by atoms with E-state index < -0.39 is 0 Å². The van der Waals surface area contributed by atoms with Crippen molar-refractivity contribution in [3.63, 3.8) is 0 Å². The van der Waals surface area contributed by atoms with Gasteiger partial charge in [-0.2, -0.15) is 0 Å². The van der Waals surface area contributed by atoms with E-state index in [-0.39, 0.29) is 0 Å². The van der Waals surface area contributed by atoms with Gasteiger partial charge in [0.2, 0.25) is 0 Å². The summed E-state index contributed by atoms with van der Waals surface area (Å²) >= 11 is 8.99. The van der Waals surface area contributed by atoms with Crippen LogP contribution in [-0.2, 0) is 5.88 Å². The molecule has 2 nitrogen and oxygen atoms in total. The van der Waals surface area contributed by atoms with E-state index in [0.29, 0.717) is 5.88 Å². The Morgan fingerprint density at radius 3 is 2.64 bits per heavy atom. The highest BCUT2D eigenvalue weighted by Gasteiger charge is 2.10. The fourth-order valence-electron chi connectivity index (χ4n) is 1.25. The summed E-state index contributed by atoms with van der Waals surface area (Å²) in [6, 6.07) is 0. The van der Waals surface area contributed by atoms with Crippen LogP contribution in [0, 0.1) is 13.8 Å². The van der Waals surface area contributed by atoms with Crippen molar-refractivity contribution < 1.29 is 0 Å². The van der Waals surface area contributed by atoms with E-state index in [0.717, 1.165) is 21.4 Å². The molecule has 0 atom stereocenters. The summed E-state index contributed by atoms with van der Waals surface area (Å²) in [6.45, 7) is 4.08. The van der Waals surface area contributed by atoms with Crippen LogP contribution < -0.4 is 0 Å². The third-order valence-electron chi connectivity index (χ3n) is 1.81. The third-order valence-corrected chi connectivity index (χ3v) is 3.96. The van der Waals surface area contributed by atoms with Crippen LogP contribution >= 0.6 is 34.3 Å². The van der Waals surface area contributed by atoms with E-state index in [2.05, 4.69) is 16.9 Å². The van der Waals surface area contributed by atoms with Crippen molar-refractivity contribution in [3.8, 4) is 11.4 Å². The van der Waals surface area contributed by atoms with Crippen LogP contribution in [-0.4, -0.2) is 9.97 Å². The summed E-state index contributed by atoms with van der Waals surface area (Å²) in [5.41, 5.74) is 1.95. The van der Waals surface area contributed by atoms with Crippen molar-refractivity contribution in [2.75, 3.05) is 0 Å². The standard InChI is InChI=1S/C9H9ClN2S2/c1-5-9(11-6(2)14-5)7-4-13-8(3-10)12-7/h4H,3H2,1-2H3. The molecule has 0 N–H and O–H groups in total. The van der Waals surface area contributed by atoms with E-state index in [4.69, 9.17) is 11.6 Å². The number of aryl methyl sites for hydroxylation is 2. The Morgan fingerprint density at radius 2 is 2.14 bits per heavy atom. The van der Waals surface area contributed by atoms with Gasteiger partial charge in [0.05, 0.1) is 10.9 Å². The molecule has 0 amide bonds. The van der Waals surface area contributed by atoms with Gasteiger partial charge in [-0.1, -0.05) is 0 Å². The topological polar surface area (TPSA) is 25.8 Å². The van der Waals surface area contributed by atoms with Crippen LogP contribution in [0.3, 0.4) is 0 Å². The zero-order valence-electron chi connectivity index (χ0n) is 7.87. The maximum Gasteiger partial charge on any atom is 0.108 e. The molecule has 0 bridgehead atoms. The number of nitrogens with zero attached hydrogens (tertiary/aromatic N) is 2. The largest absolute Gasteiger partial charge is 0.240 e. The van der Waals surface area contributed by atoms with Crippen LogP contribution in [0.15, 0.2) is 5.38 Å². The number of alkyl halides is 1. The van der Waals surface area contributed by atoms with Gasteiger partial charge in [0.15, 0.2) is 0 Å². The molecular weight excluding hydrogens is 236 g/mol. The molecule has 0 aliphatic heterocycles. The monoisotopic (exact) mass is 244 g/mol. The van der Waals surface area contributed by atoms with Crippen molar-refractivity contribution in [2.24, 2.45) is 0 Å². The number of rotatable bonds is 2. The number of thiazole rings is 2. The highest BCUT2D eigenvalue weighted by atomic mass is 35.5. The molecule has 2 aromatic heterocycles. The van der Waals surface area contributed by atoms with Gasteiger partial charge in [0.25, 0.3) is 0 Å². The second-order valence-corrected chi connectivity index (χ2v) is 5.52. The first kappa shape index (κ1) is 10.1. The summed E-state index contributed by atoms with van der Waals surface area (Å²) in [4.78, 5) is 10.1. The fourth-order valence-corrected chi connectivity index (χ4v) is 2.95. The molecule has 2 heterocycles. The van der Waals surface area contributed by atoms with Crippen LogP contribution in [0.4, 0.5) is 0 Å². The Morgan fingerprint density at radius 1 is 1.36 bits per heavy atom. The highest BCUT2D eigenvalue weighted by Crippen LogP contribution is 2.28. The molecule has 2 rings (SSSR count). The summed E-state index contributed by atoms with van der Waals surface area (Å²) < 4.78 is 0. The minimum Gasteiger partial charge on any atom is -0.240 e. The van der Waals surface area contributed by atoms with Crippen molar-refractivity contribution in [1.29, 1.82) is 0 Å². The van der Waals surface area contributed by atoms with Crippen molar-refractivity contribution >= 4 is 34.3 Å². The van der Waals surface area contributed by atoms with E-state index in [1.165, 1.54) is 4.88 Å². The fraction of sp³-hybridized carbons (Fsp3) is 0.333. The van der Waals surface area contributed by atoms with Gasteiger partial charge < -0.3 is 0 Å². The average Bonchev–Trinajstić information content (AvgIpc) is 2.71. The lowest BCUT2D eigenvalue weighted by atomic mass is 10.3. The number of halogens is 1. The Kier molecular flexibility index (Phi) is 2.85. The first-order valence-corrected chi connectivity index (χ1v) is 6.38. The molecule has 0 aliphatic rings. The second kappa shape index (κ2) is 3.96. The molecule has 14 heavy (non-hydrogen) atoms. The zero-order chi connectivity index (χ0) is 10.1. The van der Waals surface area contributed by atoms with Crippen LogP contribution in [0.2, 0.25) is 0 Å². The highest BCUT2D eigenvalue weighted by molar-refractivity contribution is 7.12. The quantitative estimate of drug-likeness (QED) is 0.754. The van der Waals surface area contributed by atoms with Crippen molar-refractivity contribution in [2.45, 2.75) is 19.7 Å². The van der Waals surface area contributed by atoms with Crippen LogP contribution in [0.1, 0.15) is 14.9 Å². The first-order valence-electron chi connectivity index (χ1n) is 4.15. The lowest BCUT2D eigenvalue weighted by Gasteiger charge is -1.90. The van der Waals surface area contributed by atoms with E-state index in [1.807, 2.05) is 12.3 Å². The molecular formula is C9H9ClN2S2. The smallest absolute Gasteiger partial charge is 0.108 e. The summed E-state index contributed by atoms with van der Waals surface area (Å²) in [6.07, 6.45) is 0. The van der Waals surface area contributed by atoms with E-state index >= 15 is 0 Å². The van der Waals surface area contributed by atoms with Crippen LogP contribution in [0.25, 0.3) is 11.4 Å². The van der Waals surface area contributed by atoms with Gasteiger partial charge in [-0.15, -0.1) is 34.3 Å². The summed E-state index contributed by atoms with van der Waals surface area (Å²) in [7, 11) is 0. The summed E-state index contributed by atoms with van der Waals surface area (Å²) in [5, 5.41) is 4.05. The van der Waals surface area contributed by atoms with E-state index in [9.17, 15) is 0 Å². The molecule has 0 radical (unpaired) electrons. The Labute approximate surface area is 95.6 Å². The minimum absolute atomic E-state index is 0.479. The molecule has 2 aromatic rings. The molecule has 0 aromatic carbocycles. The molecule has 0 aliphatic carbocycles. The van der Waals surface area contributed by atoms with Gasteiger partial charge in [-0.25, -0.2) is 9.97 Å². The van der Waals surface area contributed by atoms with Gasteiger partial charge in [-0.05, 0) is 13.8 Å². The van der Waals surface area contributed by atoms with Crippen LogP contribution in [0.5, 0.6) is 0 Å². The van der Waals surface area contributed by atoms with Gasteiger partial charge >= 0.3 is 0 Å². The summed E-state index contributed by atoms with van der Waals surface area (Å²) in [5.74, 6) is 0.479. The molecule has 74 valence electrons. The maximum atomic E-state index is 5.70. The third kappa shape index (κ3) is 1.82. The minimum atomic E-state index is 0.479. The normalized spacial score (nSPS) is 10.8. The predicted molar refractivity (Wildman–Crippen MR) is 62.3 cm³/mol. The predicted octanol–water partition coefficient (Wildman–Crippen LogP) is 3.62. The molecule has 0 saturated heterocycles. The van der Waals surface area contributed by atoms with E-state index in [1.54, 1.807) is 22.7 Å². The molecule has 0 fully saturated rings. The SMILES string of the molecule is Cc1nc(-c2csc(CCl)n2)c(C)s1. The Bertz CT molecular complexity index is 447. The zero-order valence-corrected chi connectivity index (χ0v) is 10.3. The number of hydrogen-bond donors (Lipinski definition) is 0. The molecule has 5 heteroatoms. The van der Waals surface area contributed by atoms with Gasteiger partial charge in [0, 0.05) is 10.3 Å². The molecule has 0 spiro atoms. The average molecular weight is 245 g/mol. The molecule has 0 saturated carbocycles.